The number of benzene rings is 1. The number of amides is 1. The molecule has 1 saturated heterocycles. The van der Waals surface area contributed by atoms with Crippen LogP contribution in [0.1, 0.15) is 53.4 Å². The van der Waals surface area contributed by atoms with Crippen molar-refractivity contribution in [2.24, 2.45) is 16.7 Å². The first-order valence-electron chi connectivity index (χ1n) is 11.9. The Morgan fingerprint density at radius 3 is 2.41 bits per heavy atom. The first kappa shape index (κ1) is 22.7. The molecule has 2 heterocycles. The van der Waals surface area contributed by atoms with E-state index >= 15 is 0 Å². The fraction of sp³-hybridized carbons (Fsp3) is 0.577. The number of hydrogen-bond acceptors (Lipinski definition) is 5. The zero-order valence-electron chi connectivity index (χ0n) is 19.9. The summed E-state index contributed by atoms with van der Waals surface area (Å²) in [5.74, 6) is 1.53. The van der Waals surface area contributed by atoms with E-state index in [0.717, 1.165) is 35.2 Å². The van der Waals surface area contributed by atoms with Crippen molar-refractivity contribution in [2.75, 3.05) is 36.8 Å². The van der Waals surface area contributed by atoms with Crippen molar-refractivity contribution in [3.05, 3.63) is 36.4 Å². The molecule has 1 aromatic carbocycles. The second-order valence-corrected chi connectivity index (χ2v) is 10.9. The molecule has 0 bridgehead atoms. The van der Waals surface area contributed by atoms with E-state index in [9.17, 15) is 4.79 Å². The first-order chi connectivity index (χ1) is 15.2. The average Bonchev–Trinajstić information content (AvgIpc) is 3.43. The van der Waals surface area contributed by atoms with E-state index < -0.39 is 0 Å². The Morgan fingerprint density at radius 1 is 1.09 bits per heavy atom. The molecule has 1 saturated carbocycles. The van der Waals surface area contributed by atoms with Crippen LogP contribution in [0.25, 0.3) is 11.3 Å². The van der Waals surface area contributed by atoms with Crippen LogP contribution in [0, 0.1) is 16.7 Å². The minimum Gasteiger partial charge on any atom is -0.368 e. The Bertz CT molecular complexity index is 909. The molecule has 1 amide bonds. The molecule has 1 aliphatic heterocycles. The van der Waals surface area contributed by atoms with E-state index in [1.54, 1.807) is 0 Å². The van der Waals surface area contributed by atoms with Gasteiger partial charge in [-0.3, -0.25) is 4.79 Å². The third-order valence-electron chi connectivity index (χ3n) is 7.08. The van der Waals surface area contributed by atoms with Crippen LogP contribution in [0.15, 0.2) is 36.4 Å². The molecule has 4 rings (SSSR count). The van der Waals surface area contributed by atoms with Gasteiger partial charge in [0.15, 0.2) is 0 Å². The summed E-state index contributed by atoms with van der Waals surface area (Å²) in [5, 5.41) is 15.1. The van der Waals surface area contributed by atoms with E-state index in [0.29, 0.717) is 10.8 Å². The highest BCUT2D eigenvalue weighted by atomic mass is 16.1. The molecule has 2 fully saturated rings. The third-order valence-corrected chi connectivity index (χ3v) is 7.08. The molecule has 2 N–H and O–H groups in total. The predicted octanol–water partition coefficient (Wildman–Crippen LogP) is 5.05. The zero-order valence-corrected chi connectivity index (χ0v) is 19.9. The molecule has 2 aliphatic rings. The molecule has 0 unspecified atom stereocenters. The fourth-order valence-corrected chi connectivity index (χ4v) is 4.78. The second kappa shape index (κ2) is 9.18. The van der Waals surface area contributed by atoms with Gasteiger partial charge < -0.3 is 15.5 Å². The highest BCUT2D eigenvalue weighted by Gasteiger charge is 2.54. The highest BCUT2D eigenvalue weighted by Crippen LogP contribution is 2.59. The van der Waals surface area contributed by atoms with Crippen LogP contribution in [0.5, 0.6) is 0 Å². The number of carbonyl (C=O) groups is 1. The van der Waals surface area contributed by atoms with Crippen molar-refractivity contribution in [3.8, 4) is 11.3 Å². The molecule has 6 heteroatoms. The van der Waals surface area contributed by atoms with Crippen LogP contribution in [-0.2, 0) is 4.79 Å². The predicted molar refractivity (Wildman–Crippen MR) is 131 cm³/mol. The lowest BCUT2D eigenvalue weighted by atomic mass is 9.88. The summed E-state index contributed by atoms with van der Waals surface area (Å²) in [4.78, 5) is 13.8. The van der Waals surface area contributed by atoms with Crippen molar-refractivity contribution >= 4 is 17.4 Å². The van der Waals surface area contributed by atoms with Gasteiger partial charge in [0.1, 0.15) is 5.82 Å². The number of nitrogens with zero attached hydrogens (tertiary/aromatic N) is 3. The number of anilines is 2. The van der Waals surface area contributed by atoms with Gasteiger partial charge in [0, 0.05) is 24.7 Å². The van der Waals surface area contributed by atoms with Gasteiger partial charge in [-0.05, 0) is 86.3 Å². The lowest BCUT2D eigenvalue weighted by Gasteiger charge is -2.34. The van der Waals surface area contributed by atoms with Crippen LogP contribution < -0.4 is 10.6 Å². The van der Waals surface area contributed by atoms with Gasteiger partial charge in [-0.25, -0.2) is 0 Å². The fourth-order valence-electron chi connectivity index (χ4n) is 4.78. The maximum atomic E-state index is 11.1. The van der Waals surface area contributed by atoms with E-state index in [-0.39, 0.29) is 5.91 Å². The zero-order chi connectivity index (χ0) is 22.8. The van der Waals surface area contributed by atoms with Gasteiger partial charge in [0.05, 0.1) is 5.69 Å². The Kier molecular flexibility index (Phi) is 6.52. The lowest BCUT2D eigenvalue weighted by molar-refractivity contribution is -0.114. The SMILES string of the molecule is CC(=O)Nc1ccc(-c2ccc(NC[C@H]3CC34CCN(CCC(C)(C)C)CC4)nn2)cc1. The summed E-state index contributed by atoms with van der Waals surface area (Å²) < 4.78 is 0. The average molecular weight is 436 g/mol. The van der Waals surface area contributed by atoms with Gasteiger partial charge in [-0.1, -0.05) is 32.9 Å². The van der Waals surface area contributed by atoms with Gasteiger partial charge in [0.2, 0.25) is 5.91 Å². The number of nitrogens with one attached hydrogen (secondary N) is 2. The molecule has 172 valence electrons. The number of rotatable bonds is 7. The third kappa shape index (κ3) is 5.85. The number of piperidine rings is 1. The molecule has 32 heavy (non-hydrogen) atoms. The lowest BCUT2D eigenvalue weighted by Crippen LogP contribution is -2.37. The largest absolute Gasteiger partial charge is 0.368 e. The van der Waals surface area contributed by atoms with Crippen LogP contribution in [0.4, 0.5) is 11.5 Å². The second-order valence-electron chi connectivity index (χ2n) is 10.9. The Labute approximate surface area is 192 Å². The number of aromatic nitrogens is 2. The van der Waals surface area contributed by atoms with Crippen LogP contribution in [0.3, 0.4) is 0 Å². The summed E-state index contributed by atoms with van der Waals surface area (Å²) in [6.45, 7) is 13.2. The molecule has 1 aromatic heterocycles. The Hall–Kier alpha value is -2.47. The van der Waals surface area contributed by atoms with Crippen LogP contribution >= 0.6 is 0 Å². The van der Waals surface area contributed by atoms with E-state index in [4.69, 9.17) is 0 Å². The normalized spacial score (nSPS) is 20.2. The first-order valence-corrected chi connectivity index (χ1v) is 11.9. The monoisotopic (exact) mass is 435 g/mol. The highest BCUT2D eigenvalue weighted by molar-refractivity contribution is 5.88. The smallest absolute Gasteiger partial charge is 0.221 e. The van der Waals surface area contributed by atoms with E-state index in [1.807, 2.05) is 36.4 Å². The molecule has 1 spiro atoms. The van der Waals surface area contributed by atoms with Crippen molar-refractivity contribution in [2.45, 2.75) is 53.4 Å². The molecule has 6 nitrogen and oxygen atoms in total. The quantitative estimate of drug-likeness (QED) is 0.637. The molecule has 1 aliphatic carbocycles. The van der Waals surface area contributed by atoms with Crippen molar-refractivity contribution in [1.29, 1.82) is 0 Å². The topological polar surface area (TPSA) is 70.2 Å². The molecule has 1 atom stereocenters. The summed E-state index contributed by atoms with van der Waals surface area (Å²) >= 11 is 0. The van der Waals surface area contributed by atoms with Gasteiger partial charge >= 0.3 is 0 Å². The number of carbonyl (C=O) groups excluding carboxylic acids is 1. The maximum absolute atomic E-state index is 11.1. The van der Waals surface area contributed by atoms with E-state index in [1.165, 1.54) is 52.2 Å². The van der Waals surface area contributed by atoms with Gasteiger partial charge in [-0.2, -0.15) is 0 Å². The minimum absolute atomic E-state index is 0.0727. The van der Waals surface area contributed by atoms with Crippen LogP contribution in [-0.4, -0.2) is 47.2 Å². The summed E-state index contributed by atoms with van der Waals surface area (Å²) in [6, 6.07) is 11.7. The van der Waals surface area contributed by atoms with Crippen molar-refractivity contribution in [3.63, 3.8) is 0 Å². The molecular formula is C26H37N5O. The molecule has 2 aromatic rings. The summed E-state index contributed by atoms with van der Waals surface area (Å²) in [6.07, 6.45) is 5.30. The standard InChI is InChI=1S/C26H37N5O/c1-19(32)28-22-7-5-20(6-8-22)23-9-10-24(30-29-23)27-18-21-17-26(21)12-15-31(16-13-26)14-11-25(2,3)4/h5-10,21H,11-18H2,1-4H3,(H,27,30)(H,28,32)/t21-/m1/s1. The molecular weight excluding hydrogens is 398 g/mol. The number of likely N-dealkylation sites (tertiary alicyclic amines) is 1. The Balaban J connectivity index is 1.22. The minimum atomic E-state index is -0.0727. The van der Waals surface area contributed by atoms with Gasteiger partial charge in [0.25, 0.3) is 0 Å². The van der Waals surface area contributed by atoms with Crippen LogP contribution in [0.2, 0.25) is 0 Å². The van der Waals surface area contributed by atoms with Gasteiger partial charge in [-0.15, -0.1) is 10.2 Å². The van der Waals surface area contributed by atoms with Crippen molar-refractivity contribution in [1.82, 2.24) is 15.1 Å². The maximum Gasteiger partial charge on any atom is 0.221 e. The number of hydrogen-bond donors (Lipinski definition) is 2. The summed E-state index contributed by atoms with van der Waals surface area (Å²) in [5.41, 5.74) is 3.58. The Morgan fingerprint density at radius 2 is 1.81 bits per heavy atom. The molecule has 0 radical (unpaired) electrons. The summed E-state index contributed by atoms with van der Waals surface area (Å²) in [7, 11) is 0. The van der Waals surface area contributed by atoms with Crippen molar-refractivity contribution < 1.29 is 4.79 Å². The van der Waals surface area contributed by atoms with E-state index in [2.05, 4.69) is 46.5 Å².